The standard InChI is InChI=1S/C12H17N5S/c1-4-5-13-10-9(2)11(16-8-15-10)18-12-14-6-7-17(12)3/h6-8H,4-5H2,1-3H3,(H,13,15,16). The summed E-state index contributed by atoms with van der Waals surface area (Å²) in [5, 5.41) is 5.18. The second-order valence-electron chi connectivity index (χ2n) is 4.00. The maximum atomic E-state index is 4.32. The van der Waals surface area contributed by atoms with E-state index in [1.54, 1.807) is 24.3 Å². The molecule has 2 heterocycles. The molecule has 2 aromatic rings. The minimum absolute atomic E-state index is 0.906. The lowest BCUT2D eigenvalue weighted by atomic mass is 10.3. The summed E-state index contributed by atoms with van der Waals surface area (Å²) in [4.78, 5) is 12.9. The Bertz CT molecular complexity index is 523. The molecule has 0 bridgehead atoms. The van der Waals surface area contributed by atoms with Crippen molar-refractivity contribution in [2.45, 2.75) is 30.5 Å². The van der Waals surface area contributed by atoms with E-state index in [0.29, 0.717) is 0 Å². The van der Waals surface area contributed by atoms with E-state index in [1.807, 2.05) is 24.7 Å². The zero-order valence-corrected chi connectivity index (χ0v) is 11.7. The Kier molecular flexibility index (Phi) is 4.19. The number of rotatable bonds is 5. The van der Waals surface area contributed by atoms with Gasteiger partial charge >= 0.3 is 0 Å². The Hall–Kier alpha value is -1.56. The fourth-order valence-electron chi connectivity index (χ4n) is 1.50. The SMILES string of the molecule is CCCNc1ncnc(Sc2nccn2C)c1C. The number of aryl methyl sites for hydroxylation is 1. The lowest BCUT2D eigenvalue weighted by molar-refractivity contribution is 0.787. The van der Waals surface area contributed by atoms with Crippen LogP contribution in [0.3, 0.4) is 0 Å². The van der Waals surface area contributed by atoms with Crippen molar-refractivity contribution in [3.63, 3.8) is 0 Å². The molecule has 0 aliphatic heterocycles. The van der Waals surface area contributed by atoms with Crippen molar-refractivity contribution < 1.29 is 0 Å². The largest absolute Gasteiger partial charge is 0.370 e. The highest BCUT2D eigenvalue weighted by atomic mass is 32.2. The van der Waals surface area contributed by atoms with Crippen LogP contribution in [-0.2, 0) is 7.05 Å². The number of hydrogen-bond acceptors (Lipinski definition) is 5. The average molecular weight is 263 g/mol. The third kappa shape index (κ3) is 2.81. The van der Waals surface area contributed by atoms with Crippen LogP contribution in [0.25, 0.3) is 0 Å². The molecule has 0 unspecified atom stereocenters. The van der Waals surface area contributed by atoms with Gasteiger partial charge in [-0.15, -0.1) is 0 Å². The summed E-state index contributed by atoms with van der Waals surface area (Å²) in [5.41, 5.74) is 1.07. The van der Waals surface area contributed by atoms with Crippen LogP contribution in [0.4, 0.5) is 5.82 Å². The van der Waals surface area contributed by atoms with Crippen LogP contribution in [0, 0.1) is 6.92 Å². The normalized spacial score (nSPS) is 10.6. The van der Waals surface area contributed by atoms with Gasteiger partial charge in [-0.2, -0.15) is 0 Å². The highest BCUT2D eigenvalue weighted by molar-refractivity contribution is 7.99. The molecular weight excluding hydrogens is 246 g/mol. The molecule has 5 nitrogen and oxygen atoms in total. The van der Waals surface area contributed by atoms with Gasteiger partial charge in [-0.3, -0.25) is 0 Å². The first kappa shape index (κ1) is 12.9. The average Bonchev–Trinajstić information content (AvgIpc) is 2.76. The minimum atomic E-state index is 0.906. The van der Waals surface area contributed by atoms with E-state index in [0.717, 1.165) is 34.5 Å². The van der Waals surface area contributed by atoms with E-state index in [9.17, 15) is 0 Å². The zero-order valence-electron chi connectivity index (χ0n) is 10.8. The summed E-state index contributed by atoms with van der Waals surface area (Å²) in [6, 6.07) is 0. The molecule has 1 N–H and O–H groups in total. The van der Waals surface area contributed by atoms with Crippen molar-refractivity contribution in [3.8, 4) is 0 Å². The second kappa shape index (κ2) is 5.86. The van der Waals surface area contributed by atoms with Gasteiger partial charge in [-0.05, 0) is 25.1 Å². The van der Waals surface area contributed by atoms with Crippen LogP contribution in [0.1, 0.15) is 18.9 Å². The summed E-state index contributed by atoms with van der Waals surface area (Å²) in [6.07, 6.45) is 6.38. The summed E-state index contributed by atoms with van der Waals surface area (Å²) in [5.74, 6) is 0.906. The molecule has 0 saturated carbocycles. The van der Waals surface area contributed by atoms with E-state index in [2.05, 4.69) is 27.2 Å². The maximum absolute atomic E-state index is 4.32. The van der Waals surface area contributed by atoms with Crippen LogP contribution >= 0.6 is 11.8 Å². The highest BCUT2D eigenvalue weighted by Gasteiger charge is 2.10. The predicted molar refractivity (Wildman–Crippen MR) is 72.9 cm³/mol. The molecule has 0 atom stereocenters. The monoisotopic (exact) mass is 263 g/mol. The van der Waals surface area contributed by atoms with Gasteiger partial charge in [0.2, 0.25) is 0 Å². The van der Waals surface area contributed by atoms with Crippen molar-refractivity contribution in [2.75, 3.05) is 11.9 Å². The maximum Gasteiger partial charge on any atom is 0.174 e. The summed E-state index contributed by atoms with van der Waals surface area (Å²) in [7, 11) is 1.97. The molecule has 0 aromatic carbocycles. The van der Waals surface area contributed by atoms with E-state index in [1.165, 1.54) is 0 Å². The first-order valence-corrected chi connectivity index (χ1v) is 6.74. The Morgan fingerprint density at radius 1 is 1.33 bits per heavy atom. The molecule has 0 fully saturated rings. The highest BCUT2D eigenvalue weighted by Crippen LogP contribution is 2.28. The smallest absolute Gasteiger partial charge is 0.174 e. The Labute approximate surface area is 111 Å². The molecule has 0 radical (unpaired) electrons. The molecular formula is C12H17N5S. The third-order valence-corrected chi connectivity index (χ3v) is 3.73. The third-order valence-electron chi connectivity index (χ3n) is 2.55. The van der Waals surface area contributed by atoms with Gasteiger partial charge < -0.3 is 9.88 Å². The van der Waals surface area contributed by atoms with Gasteiger partial charge in [0.15, 0.2) is 5.16 Å². The second-order valence-corrected chi connectivity index (χ2v) is 4.96. The van der Waals surface area contributed by atoms with E-state index in [4.69, 9.17) is 0 Å². The topological polar surface area (TPSA) is 55.6 Å². The number of hydrogen-bond donors (Lipinski definition) is 1. The first-order chi connectivity index (χ1) is 8.72. The molecule has 0 spiro atoms. The van der Waals surface area contributed by atoms with Gasteiger partial charge in [0.25, 0.3) is 0 Å². The number of anilines is 1. The van der Waals surface area contributed by atoms with Crippen molar-refractivity contribution in [1.82, 2.24) is 19.5 Å². The molecule has 18 heavy (non-hydrogen) atoms. The molecule has 2 aromatic heterocycles. The van der Waals surface area contributed by atoms with Crippen molar-refractivity contribution in [1.29, 1.82) is 0 Å². The van der Waals surface area contributed by atoms with Crippen molar-refractivity contribution >= 4 is 17.6 Å². The Morgan fingerprint density at radius 3 is 2.83 bits per heavy atom. The Balaban J connectivity index is 2.21. The molecule has 96 valence electrons. The van der Waals surface area contributed by atoms with Gasteiger partial charge in [-0.25, -0.2) is 15.0 Å². The molecule has 6 heteroatoms. The Morgan fingerprint density at radius 2 is 2.17 bits per heavy atom. The number of nitrogens with one attached hydrogen (secondary N) is 1. The van der Waals surface area contributed by atoms with Gasteiger partial charge in [0, 0.05) is 31.5 Å². The number of aromatic nitrogens is 4. The first-order valence-electron chi connectivity index (χ1n) is 5.93. The fraction of sp³-hybridized carbons (Fsp3) is 0.417. The minimum Gasteiger partial charge on any atom is -0.370 e. The van der Waals surface area contributed by atoms with Crippen LogP contribution in [-0.4, -0.2) is 26.1 Å². The van der Waals surface area contributed by atoms with Gasteiger partial charge in [0.1, 0.15) is 17.2 Å². The van der Waals surface area contributed by atoms with Gasteiger partial charge in [-0.1, -0.05) is 6.92 Å². The lowest BCUT2D eigenvalue weighted by Gasteiger charge is -2.10. The van der Waals surface area contributed by atoms with Gasteiger partial charge in [0.05, 0.1) is 0 Å². The predicted octanol–water partition coefficient (Wildman–Crippen LogP) is 2.49. The molecule has 0 amide bonds. The van der Waals surface area contributed by atoms with Crippen LogP contribution in [0.5, 0.6) is 0 Å². The molecule has 0 saturated heterocycles. The van der Waals surface area contributed by atoms with Crippen LogP contribution in [0.2, 0.25) is 0 Å². The summed E-state index contributed by atoms with van der Waals surface area (Å²) < 4.78 is 1.98. The van der Waals surface area contributed by atoms with E-state index >= 15 is 0 Å². The quantitative estimate of drug-likeness (QED) is 0.840. The lowest BCUT2D eigenvalue weighted by Crippen LogP contribution is -2.05. The fourth-order valence-corrected chi connectivity index (χ4v) is 2.34. The van der Waals surface area contributed by atoms with E-state index in [-0.39, 0.29) is 0 Å². The van der Waals surface area contributed by atoms with Crippen LogP contribution < -0.4 is 5.32 Å². The summed E-state index contributed by atoms with van der Waals surface area (Å²) >= 11 is 1.56. The van der Waals surface area contributed by atoms with Crippen molar-refractivity contribution in [3.05, 3.63) is 24.3 Å². The number of imidazole rings is 1. The van der Waals surface area contributed by atoms with Crippen molar-refractivity contribution in [2.24, 2.45) is 7.05 Å². The molecule has 0 aliphatic carbocycles. The molecule has 2 rings (SSSR count). The number of nitrogens with zero attached hydrogens (tertiary/aromatic N) is 4. The van der Waals surface area contributed by atoms with Crippen LogP contribution in [0.15, 0.2) is 28.9 Å². The summed E-state index contributed by atoms with van der Waals surface area (Å²) in [6.45, 7) is 5.08. The van der Waals surface area contributed by atoms with E-state index < -0.39 is 0 Å². The zero-order chi connectivity index (χ0) is 13.0. The molecule has 0 aliphatic rings.